The minimum Gasteiger partial charge on any atom is -0.459 e. The predicted molar refractivity (Wildman–Crippen MR) is 67.7 cm³/mol. The number of sulfonamides is 1. The monoisotopic (exact) mass is 274 g/mol. The van der Waals surface area contributed by atoms with E-state index in [4.69, 9.17) is 4.42 Å². The van der Waals surface area contributed by atoms with Crippen molar-refractivity contribution in [2.24, 2.45) is 0 Å². The van der Waals surface area contributed by atoms with Crippen LogP contribution in [0.15, 0.2) is 22.8 Å². The largest absolute Gasteiger partial charge is 0.459 e. The predicted octanol–water partition coefficient (Wildman–Crippen LogP) is 0.681. The van der Waals surface area contributed by atoms with E-state index in [1.165, 1.54) is 16.8 Å². The van der Waals surface area contributed by atoms with Crippen LogP contribution in [0.25, 0.3) is 0 Å². The van der Waals surface area contributed by atoms with Crippen molar-refractivity contribution in [2.45, 2.75) is 13.3 Å². The Kier molecular flexibility index (Phi) is 5.36. The van der Waals surface area contributed by atoms with Crippen LogP contribution in [0.3, 0.4) is 0 Å². The fourth-order valence-electron chi connectivity index (χ4n) is 1.51. The average Bonchev–Trinajstić information content (AvgIpc) is 2.80. The number of hydrogen-bond donors (Lipinski definition) is 1. The van der Waals surface area contributed by atoms with Crippen LogP contribution >= 0.6 is 0 Å². The summed E-state index contributed by atoms with van der Waals surface area (Å²) in [6.07, 6.45) is 3.17. The normalized spacial score (nSPS) is 11.7. The third-order valence-electron chi connectivity index (χ3n) is 2.44. The number of nitrogens with zero attached hydrogens (tertiary/aromatic N) is 1. The van der Waals surface area contributed by atoms with Gasteiger partial charge in [-0.2, -0.15) is 0 Å². The molecule has 0 aliphatic carbocycles. The van der Waals surface area contributed by atoms with Gasteiger partial charge in [0, 0.05) is 19.6 Å². The molecule has 0 fully saturated rings. The summed E-state index contributed by atoms with van der Waals surface area (Å²) in [5.41, 5.74) is 0. The molecule has 1 N–H and O–H groups in total. The van der Waals surface area contributed by atoms with E-state index in [0.717, 1.165) is 0 Å². The first-order valence-electron chi connectivity index (χ1n) is 5.72. The molecular weight excluding hydrogens is 256 g/mol. The second kappa shape index (κ2) is 6.55. The van der Waals surface area contributed by atoms with Crippen LogP contribution in [-0.4, -0.2) is 44.5 Å². The maximum atomic E-state index is 11.5. The van der Waals surface area contributed by atoms with Crippen molar-refractivity contribution in [2.75, 3.05) is 25.9 Å². The second-order valence-corrected chi connectivity index (χ2v) is 5.82. The Hall–Kier alpha value is -1.34. The van der Waals surface area contributed by atoms with Gasteiger partial charge in [-0.3, -0.25) is 4.79 Å². The van der Waals surface area contributed by atoms with Gasteiger partial charge < -0.3 is 9.73 Å². The number of furan rings is 1. The van der Waals surface area contributed by atoms with Gasteiger partial charge in [-0.1, -0.05) is 6.92 Å². The lowest BCUT2D eigenvalue weighted by molar-refractivity contribution is 0.0925. The third-order valence-corrected chi connectivity index (χ3v) is 3.82. The lowest BCUT2D eigenvalue weighted by Gasteiger charge is -2.17. The molecule has 0 bridgehead atoms. The highest BCUT2D eigenvalue weighted by atomic mass is 32.2. The molecule has 1 heterocycles. The van der Waals surface area contributed by atoms with E-state index in [1.54, 1.807) is 19.1 Å². The lowest BCUT2D eigenvalue weighted by Crippen LogP contribution is -2.33. The van der Waals surface area contributed by atoms with E-state index >= 15 is 0 Å². The van der Waals surface area contributed by atoms with Crippen LogP contribution in [0.1, 0.15) is 23.9 Å². The summed E-state index contributed by atoms with van der Waals surface area (Å²) in [6.45, 7) is 3.02. The summed E-state index contributed by atoms with van der Waals surface area (Å²) in [7, 11) is -3.16. The molecule has 1 rings (SSSR count). The molecule has 0 saturated carbocycles. The summed E-state index contributed by atoms with van der Waals surface area (Å²) in [6, 6.07) is 3.21. The Balaban J connectivity index is 2.29. The van der Waals surface area contributed by atoms with Gasteiger partial charge in [0.05, 0.1) is 12.5 Å². The van der Waals surface area contributed by atoms with Crippen molar-refractivity contribution in [3.05, 3.63) is 24.2 Å². The molecule has 0 radical (unpaired) electrons. The van der Waals surface area contributed by atoms with Crippen molar-refractivity contribution in [1.29, 1.82) is 0 Å². The summed E-state index contributed by atoms with van der Waals surface area (Å²) >= 11 is 0. The number of rotatable bonds is 7. The standard InChI is InChI=1S/C11H18N2O4S/c1-3-13(18(2,15)16)8-5-7-12-11(14)10-6-4-9-17-10/h4,6,9H,3,5,7-8H2,1-2H3,(H,12,14). The van der Waals surface area contributed by atoms with Gasteiger partial charge in [0.1, 0.15) is 0 Å². The van der Waals surface area contributed by atoms with Crippen LogP contribution in [0.4, 0.5) is 0 Å². The molecule has 0 unspecified atom stereocenters. The summed E-state index contributed by atoms with van der Waals surface area (Å²) in [4.78, 5) is 11.5. The zero-order valence-electron chi connectivity index (χ0n) is 10.5. The highest BCUT2D eigenvalue weighted by Crippen LogP contribution is 2.00. The number of nitrogens with one attached hydrogen (secondary N) is 1. The molecule has 0 aromatic carbocycles. The zero-order chi connectivity index (χ0) is 13.6. The second-order valence-electron chi connectivity index (χ2n) is 3.84. The quantitative estimate of drug-likeness (QED) is 0.742. The first-order valence-corrected chi connectivity index (χ1v) is 7.56. The Bertz CT molecular complexity index is 467. The Labute approximate surface area is 107 Å². The fourth-order valence-corrected chi connectivity index (χ4v) is 2.44. The van der Waals surface area contributed by atoms with Gasteiger partial charge in [0.2, 0.25) is 10.0 Å². The molecule has 7 heteroatoms. The fraction of sp³-hybridized carbons (Fsp3) is 0.545. The number of amides is 1. The van der Waals surface area contributed by atoms with E-state index < -0.39 is 10.0 Å². The maximum absolute atomic E-state index is 11.5. The molecule has 0 spiro atoms. The van der Waals surface area contributed by atoms with Crippen molar-refractivity contribution in [3.63, 3.8) is 0 Å². The van der Waals surface area contributed by atoms with Gasteiger partial charge >= 0.3 is 0 Å². The molecular formula is C11H18N2O4S. The van der Waals surface area contributed by atoms with Crippen LogP contribution in [0, 0.1) is 0 Å². The molecule has 1 amide bonds. The minimum absolute atomic E-state index is 0.255. The van der Waals surface area contributed by atoms with Crippen LogP contribution < -0.4 is 5.32 Å². The van der Waals surface area contributed by atoms with Crippen molar-refractivity contribution in [1.82, 2.24) is 9.62 Å². The van der Waals surface area contributed by atoms with Gasteiger partial charge in [-0.15, -0.1) is 0 Å². The van der Waals surface area contributed by atoms with Crippen LogP contribution in [-0.2, 0) is 10.0 Å². The van der Waals surface area contributed by atoms with Crippen LogP contribution in [0.5, 0.6) is 0 Å². The highest BCUT2D eigenvalue weighted by Gasteiger charge is 2.13. The van der Waals surface area contributed by atoms with Gasteiger partial charge in [-0.05, 0) is 18.6 Å². The Morgan fingerprint density at radius 3 is 2.72 bits per heavy atom. The molecule has 18 heavy (non-hydrogen) atoms. The average molecular weight is 274 g/mol. The molecule has 0 aliphatic heterocycles. The number of carbonyl (C=O) groups excluding carboxylic acids is 1. The molecule has 0 aliphatic rings. The van der Waals surface area contributed by atoms with Crippen molar-refractivity contribution >= 4 is 15.9 Å². The molecule has 0 saturated heterocycles. The molecule has 102 valence electrons. The van der Waals surface area contributed by atoms with E-state index in [2.05, 4.69) is 5.32 Å². The minimum atomic E-state index is -3.16. The van der Waals surface area contributed by atoms with Crippen molar-refractivity contribution < 1.29 is 17.6 Å². The van der Waals surface area contributed by atoms with Gasteiger partial charge in [0.15, 0.2) is 5.76 Å². The van der Waals surface area contributed by atoms with Gasteiger partial charge in [0.25, 0.3) is 5.91 Å². The van der Waals surface area contributed by atoms with Gasteiger partial charge in [-0.25, -0.2) is 12.7 Å². The third kappa shape index (κ3) is 4.50. The zero-order valence-corrected chi connectivity index (χ0v) is 11.4. The van der Waals surface area contributed by atoms with E-state index in [1.807, 2.05) is 0 Å². The topological polar surface area (TPSA) is 79.6 Å². The van der Waals surface area contributed by atoms with Crippen molar-refractivity contribution in [3.8, 4) is 0 Å². The number of hydrogen-bond acceptors (Lipinski definition) is 4. The highest BCUT2D eigenvalue weighted by molar-refractivity contribution is 7.88. The van der Waals surface area contributed by atoms with Crippen LogP contribution in [0.2, 0.25) is 0 Å². The summed E-state index contributed by atoms with van der Waals surface area (Å²) in [5.74, 6) is -0.0344. The van der Waals surface area contributed by atoms with E-state index in [0.29, 0.717) is 26.1 Å². The molecule has 6 nitrogen and oxygen atoms in total. The smallest absolute Gasteiger partial charge is 0.286 e. The first-order chi connectivity index (χ1) is 8.45. The van der Waals surface area contributed by atoms with E-state index in [-0.39, 0.29) is 11.7 Å². The summed E-state index contributed by atoms with van der Waals surface area (Å²) < 4.78 is 28.9. The Morgan fingerprint density at radius 2 is 2.22 bits per heavy atom. The maximum Gasteiger partial charge on any atom is 0.286 e. The molecule has 1 aromatic heterocycles. The Morgan fingerprint density at radius 1 is 1.50 bits per heavy atom. The molecule has 0 atom stereocenters. The first kappa shape index (κ1) is 14.7. The SMILES string of the molecule is CCN(CCCNC(=O)c1ccco1)S(C)(=O)=O. The number of carbonyl (C=O) groups is 1. The lowest BCUT2D eigenvalue weighted by atomic mass is 10.4. The summed E-state index contributed by atoms with van der Waals surface area (Å²) in [5, 5.41) is 2.66. The van der Waals surface area contributed by atoms with E-state index in [9.17, 15) is 13.2 Å². The molecule has 1 aromatic rings.